The lowest BCUT2D eigenvalue weighted by Crippen LogP contribution is -2.47. The molecular formula is C12H16F3N3O2. The van der Waals surface area contributed by atoms with E-state index in [0.717, 1.165) is 5.69 Å². The predicted octanol–water partition coefficient (Wildman–Crippen LogP) is 1.74. The van der Waals surface area contributed by atoms with Crippen molar-refractivity contribution in [3.63, 3.8) is 0 Å². The quantitative estimate of drug-likeness (QED) is 0.918. The first-order valence-corrected chi connectivity index (χ1v) is 6.33. The Kier molecular flexibility index (Phi) is 3.77. The monoisotopic (exact) mass is 291 g/mol. The lowest BCUT2D eigenvalue weighted by molar-refractivity contribution is -0.227. The Balaban J connectivity index is 2.14. The van der Waals surface area contributed by atoms with Gasteiger partial charge in [-0.2, -0.15) is 18.3 Å². The molecule has 1 atom stereocenters. The van der Waals surface area contributed by atoms with Crippen LogP contribution in [0.5, 0.6) is 0 Å². The summed E-state index contributed by atoms with van der Waals surface area (Å²) in [5.41, 5.74) is -1.86. The molecule has 1 aromatic rings. The van der Waals surface area contributed by atoms with Crippen LogP contribution in [0.1, 0.15) is 19.0 Å². The fourth-order valence-electron chi connectivity index (χ4n) is 2.56. The number of aryl methyl sites for hydroxylation is 1. The molecule has 1 unspecified atom stereocenters. The number of nitrogens with zero attached hydrogens (tertiary/aromatic N) is 3. The summed E-state index contributed by atoms with van der Waals surface area (Å²) in [4.78, 5) is 12.6. The summed E-state index contributed by atoms with van der Waals surface area (Å²) >= 11 is 0. The summed E-state index contributed by atoms with van der Waals surface area (Å²) < 4.78 is 40.8. The Morgan fingerprint density at radius 3 is 2.75 bits per heavy atom. The number of carboxylic acid groups (broad SMARTS) is 1. The molecule has 1 N–H and O–H groups in total. The molecule has 20 heavy (non-hydrogen) atoms. The molecule has 1 aromatic heterocycles. The summed E-state index contributed by atoms with van der Waals surface area (Å²) in [7, 11) is 0. The summed E-state index contributed by atoms with van der Waals surface area (Å²) in [6.07, 6.45) is -3.56. The van der Waals surface area contributed by atoms with Gasteiger partial charge in [0.1, 0.15) is 0 Å². The summed E-state index contributed by atoms with van der Waals surface area (Å²) in [5.74, 6) is -1.79. The number of halogens is 3. The molecule has 1 fully saturated rings. The third kappa shape index (κ3) is 2.39. The minimum absolute atomic E-state index is 0.112. The predicted molar refractivity (Wildman–Crippen MR) is 63.9 cm³/mol. The highest BCUT2D eigenvalue weighted by Gasteiger charge is 2.63. The molecule has 0 amide bonds. The van der Waals surface area contributed by atoms with Crippen LogP contribution in [0.15, 0.2) is 12.3 Å². The molecule has 0 aromatic carbocycles. The number of carboxylic acids is 1. The largest absolute Gasteiger partial charge is 0.481 e. The van der Waals surface area contributed by atoms with Crippen LogP contribution in [-0.2, 0) is 17.9 Å². The van der Waals surface area contributed by atoms with E-state index in [9.17, 15) is 18.0 Å². The van der Waals surface area contributed by atoms with Gasteiger partial charge in [0, 0.05) is 32.4 Å². The first-order valence-electron chi connectivity index (χ1n) is 6.33. The van der Waals surface area contributed by atoms with Gasteiger partial charge < -0.3 is 5.11 Å². The van der Waals surface area contributed by atoms with Crippen molar-refractivity contribution in [1.82, 2.24) is 14.7 Å². The molecule has 8 heteroatoms. The number of rotatable bonds is 4. The molecule has 1 aliphatic heterocycles. The first-order chi connectivity index (χ1) is 9.30. The average Bonchev–Trinajstić information content (AvgIpc) is 2.95. The lowest BCUT2D eigenvalue weighted by Gasteiger charge is -2.27. The number of hydrogen-bond donors (Lipinski definition) is 1. The second-order valence-corrected chi connectivity index (χ2v) is 4.98. The molecule has 0 aliphatic carbocycles. The van der Waals surface area contributed by atoms with Gasteiger partial charge in [-0.1, -0.05) is 0 Å². The lowest BCUT2D eigenvalue weighted by atomic mass is 9.86. The van der Waals surface area contributed by atoms with Gasteiger partial charge in [0.05, 0.1) is 5.69 Å². The Morgan fingerprint density at radius 2 is 2.25 bits per heavy atom. The van der Waals surface area contributed by atoms with Crippen molar-refractivity contribution in [3.8, 4) is 0 Å². The van der Waals surface area contributed by atoms with E-state index in [4.69, 9.17) is 5.11 Å². The second-order valence-electron chi connectivity index (χ2n) is 4.98. The molecule has 1 aliphatic rings. The highest BCUT2D eigenvalue weighted by molar-refractivity contribution is 5.76. The van der Waals surface area contributed by atoms with E-state index in [1.165, 1.54) is 4.90 Å². The molecule has 2 heterocycles. The minimum Gasteiger partial charge on any atom is -0.481 e. The van der Waals surface area contributed by atoms with Crippen LogP contribution < -0.4 is 0 Å². The molecule has 112 valence electrons. The number of likely N-dealkylation sites (tertiary alicyclic amines) is 1. The number of aromatic nitrogens is 2. The smallest absolute Gasteiger partial charge is 0.406 e. The molecule has 0 bridgehead atoms. The van der Waals surface area contributed by atoms with Crippen LogP contribution in [0.4, 0.5) is 13.2 Å². The van der Waals surface area contributed by atoms with Crippen molar-refractivity contribution in [3.05, 3.63) is 18.0 Å². The molecule has 2 rings (SSSR count). The van der Waals surface area contributed by atoms with Gasteiger partial charge in [-0.15, -0.1) is 0 Å². The van der Waals surface area contributed by atoms with E-state index in [1.54, 1.807) is 16.9 Å². The van der Waals surface area contributed by atoms with Crippen molar-refractivity contribution in [2.24, 2.45) is 5.41 Å². The highest BCUT2D eigenvalue weighted by atomic mass is 19.4. The summed E-state index contributed by atoms with van der Waals surface area (Å²) in [6, 6.07) is 1.73. The minimum atomic E-state index is -4.74. The molecular weight excluding hydrogens is 275 g/mol. The maximum atomic E-state index is 13.0. The molecule has 0 spiro atoms. The van der Waals surface area contributed by atoms with Crippen LogP contribution in [0.25, 0.3) is 0 Å². The molecule has 5 nitrogen and oxygen atoms in total. The van der Waals surface area contributed by atoms with Gasteiger partial charge in [-0.3, -0.25) is 14.4 Å². The van der Waals surface area contributed by atoms with Gasteiger partial charge in [-0.05, 0) is 19.4 Å². The van der Waals surface area contributed by atoms with Gasteiger partial charge in [0.2, 0.25) is 0 Å². The fraction of sp³-hybridized carbons (Fsp3) is 0.667. The number of aliphatic carboxylic acids is 1. The maximum Gasteiger partial charge on any atom is 0.406 e. The van der Waals surface area contributed by atoms with E-state index in [-0.39, 0.29) is 13.1 Å². The Morgan fingerprint density at radius 1 is 1.55 bits per heavy atom. The van der Waals surface area contributed by atoms with E-state index >= 15 is 0 Å². The third-order valence-corrected chi connectivity index (χ3v) is 3.79. The fourth-order valence-corrected chi connectivity index (χ4v) is 2.56. The van der Waals surface area contributed by atoms with Crippen LogP contribution in [0, 0.1) is 5.41 Å². The van der Waals surface area contributed by atoms with Gasteiger partial charge in [-0.25, -0.2) is 0 Å². The Labute approximate surface area is 114 Å². The molecule has 1 saturated heterocycles. The SMILES string of the molecule is CCn1nccc1CN1CCC(C(=O)O)(C(F)(F)F)C1. The van der Waals surface area contributed by atoms with Crippen LogP contribution in [0.2, 0.25) is 0 Å². The first kappa shape index (κ1) is 14.8. The standard InChI is InChI=1S/C12H16F3N3O2/c1-2-18-9(3-5-16-18)7-17-6-4-11(8-17,10(19)20)12(13,14)15/h3,5H,2,4,6-8H2,1H3,(H,19,20). The van der Waals surface area contributed by atoms with Crippen molar-refractivity contribution in [2.75, 3.05) is 13.1 Å². The van der Waals surface area contributed by atoms with Crippen molar-refractivity contribution < 1.29 is 23.1 Å². The maximum absolute atomic E-state index is 13.0. The Hall–Kier alpha value is -1.57. The zero-order valence-electron chi connectivity index (χ0n) is 11.0. The van der Waals surface area contributed by atoms with Crippen LogP contribution >= 0.6 is 0 Å². The van der Waals surface area contributed by atoms with Gasteiger partial charge in [0.15, 0.2) is 5.41 Å². The topological polar surface area (TPSA) is 58.4 Å². The zero-order valence-corrected chi connectivity index (χ0v) is 11.0. The van der Waals surface area contributed by atoms with Crippen molar-refractivity contribution in [1.29, 1.82) is 0 Å². The van der Waals surface area contributed by atoms with Gasteiger partial charge >= 0.3 is 12.1 Å². The summed E-state index contributed by atoms with van der Waals surface area (Å²) in [5, 5.41) is 13.0. The van der Waals surface area contributed by atoms with Crippen molar-refractivity contribution in [2.45, 2.75) is 32.6 Å². The zero-order chi connectivity index (χ0) is 15.0. The number of carbonyl (C=O) groups is 1. The highest BCUT2D eigenvalue weighted by Crippen LogP contribution is 2.45. The average molecular weight is 291 g/mol. The van der Waals surface area contributed by atoms with Crippen LogP contribution in [0.3, 0.4) is 0 Å². The van der Waals surface area contributed by atoms with Crippen molar-refractivity contribution >= 4 is 5.97 Å². The van der Waals surface area contributed by atoms with Crippen LogP contribution in [-0.4, -0.2) is 45.0 Å². The molecule has 0 saturated carbocycles. The number of hydrogen-bond acceptors (Lipinski definition) is 3. The number of alkyl halides is 3. The summed E-state index contributed by atoms with van der Waals surface area (Å²) in [6.45, 7) is 2.39. The second kappa shape index (κ2) is 5.08. The molecule has 0 radical (unpaired) electrons. The van der Waals surface area contributed by atoms with E-state index in [0.29, 0.717) is 6.54 Å². The van der Waals surface area contributed by atoms with E-state index in [2.05, 4.69) is 5.10 Å². The third-order valence-electron chi connectivity index (χ3n) is 3.79. The van der Waals surface area contributed by atoms with Gasteiger partial charge in [0.25, 0.3) is 0 Å². The Bertz CT molecular complexity index is 500. The van der Waals surface area contributed by atoms with E-state index < -0.39 is 30.5 Å². The van der Waals surface area contributed by atoms with E-state index in [1.807, 2.05) is 6.92 Å². The normalized spacial score (nSPS) is 24.2.